The third-order valence-corrected chi connectivity index (χ3v) is 6.16. The molecule has 7 heteroatoms. The summed E-state index contributed by atoms with van der Waals surface area (Å²) in [7, 11) is 0. The minimum atomic E-state index is 0.0202. The minimum Gasteiger partial charge on any atom is -0.486 e. The molecule has 0 saturated carbocycles. The van der Waals surface area contributed by atoms with E-state index in [1.165, 1.54) is 0 Å². The van der Waals surface area contributed by atoms with Crippen molar-refractivity contribution >= 4 is 17.4 Å². The number of nitrogens with zero attached hydrogens (tertiary/aromatic N) is 3. The molecular formula is C26H28N4O3. The standard InChI is InChI=1S/C26H28N4O3/c1-17-5-3-9-27-25(17)29-21-13-18(2)28-22(15-21)20-6-4-10-30(16-20)26(31)19-7-8-23-24(14-19)33-12-11-32-23/h3,5,7-9,13-15,20H,4,6,10-12,16H2,1-2H3,(H,27,28,29)/t20-/m1/s1. The molecule has 1 aromatic carbocycles. The predicted octanol–water partition coefficient (Wildman–Crippen LogP) is 4.63. The first kappa shape index (κ1) is 21.2. The number of hydrogen-bond acceptors (Lipinski definition) is 6. The number of carbonyl (C=O) groups is 1. The quantitative estimate of drug-likeness (QED) is 0.632. The van der Waals surface area contributed by atoms with Crippen LogP contribution in [0.4, 0.5) is 11.5 Å². The van der Waals surface area contributed by atoms with Crippen LogP contribution in [0.25, 0.3) is 0 Å². The molecule has 33 heavy (non-hydrogen) atoms. The van der Waals surface area contributed by atoms with Gasteiger partial charge < -0.3 is 19.7 Å². The minimum absolute atomic E-state index is 0.0202. The number of ether oxygens (including phenoxy) is 2. The van der Waals surface area contributed by atoms with Crippen molar-refractivity contribution in [1.29, 1.82) is 0 Å². The van der Waals surface area contributed by atoms with E-state index in [-0.39, 0.29) is 11.8 Å². The van der Waals surface area contributed by atoms with Crippen molar-refractivity contribution in [2.45, 2.75) is 32.6 Å². The molecule has 4 heterocycles. The molecule has 170 valence electrons. The van der Waals surface area contributed by atoms with Crippen LogP contribution >= 0.6 is 0 Å². The van der Waals surface area contributed by atoms with E-state index in [4.69, 9.17) is 14.5 Å². The summed E-state index contributed by atoms with van der Waals surface area (Å²) < 4.78 is 11.2. The van der Waals surface area contributed by atoms with E-state index in [9.17, 15) is 4.79 Å². The molecule has 7 nitrogen and oxygen atoms in total. The van der Waals surface area contributed by atoms with Gasteiger partial charge in [0.1, 0.15) is 19.0 Å². The number of rotatable bonds is 4. The van der Waals surface area contributed by atoms with E-state index < -0.39 is 0 Å². The first-order valence-electron chi connectivity index (χ1n) is 11.4. The van der Waals surface area contributed by atoms with Crippen LogP contribution in [0, 0.1) is 13.8 Å². The summed E-state index contributed by atoms with van der Waals surface area (Å²) in [4.78, 5) is 24.4. The molecule has 1 N–H and O–H groups in total. The fraction of sp³-hybridized carbons (Fsp3) is 0.346. The largest absolute Gasteiger partial charge is 0.486 e. The maximum atomic E-state index is 13.3. The van der Waals surface area contributed by atoms with Crippen molar-refractivity contribution in [3.8, 4) is 11.5 Å². The van der Waals surface area contributed by atoms with E-state index >= 15 is 0 Å². The topological polar surface area (TPSA) is 76.6 Å². The molecule has 2 aromatic heterocycles. The van der Waals surface area contributed by atoms with Crippen LogP contribution in [0.15, 0.2) is 48.7 Å². The number of fused-ring (bicyclic) bond motifs is 1. The van der Waals surface area contributed by atoms with E-state index in [2.05, 4.69) is 16.4 Å². The summed E-state index contributed by atoms with van der Waals surface area (Å²) in [6.07, 6.45) is 3.73. The maximum Gasteiger partial charge on any atom is 0.254 e. The highest BCUT2D eigenvalue weighted by Crippen LogP contribution is 2.33. The van der Waals surface area contributed by atoms with Gasteiger partial charge in [-0.3, -0.25) is 9.78 Å². The van der Waals surface area contributed by atoms with Gasteiger partial charge in [0.15, 0.2) is 11.5 Å². The molecule has 5 rings (SSSR count). The van der Waals surface area contributed by atoms with Gasteiger partial charge in [-0.2, -0.15) is 0 Å². The van der Waals surface area contributed by atoms with E-state index in [1.54, 1.807) is 12.3 Å². The van der Waals surface area contributed by atoms with E-state index in [0.29, 0.717) is 36.8 Å². The van der Waals surface area contributed by atoms with Crippen LogP contribution in [-0.4, -0.2) is 47.1 Å². The number of likely N-dealkylation sites (tertiary alicyclic amines) is 1. The van der Waals surface area contributed by atoms with Crippen LogP contribution < -0.4 is 14.8 Å². The highest BCUT2D eigenvalue weighted by atomic mass is 16.6. The SMILES string of the molecule is Cc1cc(Nc2ncccc2C)cc([C@@H]2CCCN(C(=O)c3ccc4c(c3)OCCO4)C2)n1. The monoisotopic (exact) mass is 444 g/mol. The third-order valence-electron chi connectivity index (χ3n) is 6.16. The van der Waals surface area contributed by atoms with Crippen molar-refractivity contribution in [3.63, 3.8) is 0 Å². The van der Waals surface area contributed by atoms with Crippen molar-refractivity contribution in [2.24, 2.45) is 0 Å². The molecule has 0 aliphatic carbocycles. The van der Waals surface area contributed by atoms with Crippen LogP contribution in [0.1, 0.15) is 46.1 Å². The molecular weight excluding hydrogens is 416 g/mol. The number of aryl methyl sites for hydroxylation is 2. The molecule has 3 aromatic rings. The Bertz CT molecular complexity index is 1180. The zero-order valence-electron chi connectivity index (χ0n) is 19.0. The number of aromatic nitrogens is 2. The Kier molecular flexibility index (Phi) is 5.86. The molecule has 0 spiro atoms. The molecule has 1 atom stereocenters. The fourth-order valence-corrected chi connectivity index (χ4v) is 4.49. The second-order valence-corrected chi connectivity index (χ2v) is 8.66. The fourth-order valence-electron chi connectivity index (χ4n) is 4.49. The molecule has 1 amide bonds. The Morgan fingerprint density at radius 1 is 1.09 bits per heavy atom. The molecule has 2 aliphatic heterocycles. The Morgan fingerprint density at radius 2 is 1.94 bits per heavy atom. The Hall–Kier alpha value is -3.61. The number of carbonyl (C=O) groups excluding carboxylic acids is 1. The highest BCUT2D eigenvalue weighted by Gasteiger charge is 2.27. The maximum absolute atomic E-state index is 13.3. The van der Waals surface area contributed by atoms with Crippen LogP contribution in [0.3, 0.4) is 0 Å². The lowest BCUT2D eigenvalue weighted by atomic mass is 9.93. The molecule has 2 aliphatic rings. The second kappa shape index (κ2) is 9.10. The van der Waals surface area contributed by atoms with E-state index in [1.807, 2.05) is 49.1 Å². The summed E-state index contributed by atoms with van der Waals surface area (Å²) in [6, 6.07) is 13.5. The van der Waals surface area contributed by atoms with E-state index in [0.717, 1.165) is 47.8 Å². The summed E-state index contributed by atoms with van der Waals surface area (Å²) in [5.74, 6) is 2.38. The summed E-state index contributed by atoms with van der Waals surface area (Å²) in [5.41, 5.74) is 4.63. The van der Waals surface area contributed by atoms with Gasteiger partial charge in [0.25, 0.3) is 5.91 Å². The second-order valence-electron chi connectivity index (χ2n) is 8.66. The number of piperidine rings is 1. The zero-order chi connectivity index (χ0) is 22.8. The number of pyridine rings is 2. The zero-order valence-corrected chi connectivity index (χ0v) is 19.0. The summed E-state index contributed by atoms with van der Waals surface area (Å²) in [5, 5.41) is 3.42. The lowest BCUT2D eigenvalue weighted by Crippen LogP contribution is -2.39. The van der Waals surface area contributed by atoms with Gasteiger partial charge in [0.2, 0.25) is 0 Å². The molecule has 1 saturated heterocycles. The third kappa shape index (κ3) is 4.62. The van der Waals surface area contributed by atoms with Crippen molar-refractivity contribution in [1.82, 2.24) is 14.9 Å². The lowest BCUT2D eigenvalue weighted by molar-refractivity contribution is 0.0705. The van der Waals surface area contributed by atoms with Gasteiger partial charge in [0, 0.05) is 47.8 Å². The normalized spacial score (nSPS) is 17.5. The van der Waals surface area contributed by atoms with Crippen molar-refractivity contribution in [2.75, 3.05) is 31.6 Å². The Labute approximate surface area is 193 Å². The Balaban J connectivity index is 1.34. The van der Waals surface area contributed by atoms with Crippen LogP contribution in [0.5, 0.6) is 11.5 Å². The van der Waals surface area contributed by atoms with Gasteiger partial charge in [0.05, 0.1) is 0 Å². The first-order valence-corrected chi connectivity index (χ1v) is 11.4. The van der Waals surface area contributed by atoms with Gasteiger partial charge in [-0.1, -0.05) is 6.07 Å². The summed E-state index contributed by atoms with van der Waals surface area (Å²) >= 11 is 0. The summed E-state index contributed by atoms with van der Waals surface area (Å²) in [6.45, 7) is 6.46. The molecule has 0 radical (unpaired) electrons. The predicted molar refractivity (Wildman–Crippen MR) is 127 cm³/mol. The van der Waals surface area contributed by atoms with Crippen LogP contribution in [-0.2, 0) is 0 Å². The molecule has 0 unspecified atom stereocenters. The smallest absolute Gasteiger partial charge is 0.254 e. The van der Waals surface area contributed by atoms with Crippen molar-refractivity contribution in [3.05, 3.63) is 71.2 Å². The number of amides is 1. The number of hydrogen-bond donors (Lipinski definition) is 1. The average Bonchev–Trinajstić information content (AvgIpc) is 2.84. The Morgan fingerprint density at radius 3 is 2.79 bits per heavy atom. The first-order chi connectivity index (χ1) is 16.1. The average molecular weight is 445 g/mol. The number of nitrogens with one attached hydrogen (secondary N) is 1. The highest BCUT2D eigenvalue weighted by molar-refractivity contribution is 5.95. The van der Waals surface area contributed by atoms with Gasteiger partial charge in [-0.25, -0.2) is 4.98 Å². The van der Waals surface area contributed by atoms with Gasteiger partial charge in [-0.15, -0.1) is 0 Å². The molecule has 1 fully saturated rings. The number of benzene rings is 1. The number of anilines is 2. The van der Waals surface area contributed by atoms with Gasteiger partial charge in [-0.05, 0) is 68.7 Å². The molecule has 0 bridgehead atoms. The lowest BCUT2D eigenvalue weighted by Gasteiger charge is -2.33. The van der Waals surface area contributed by atoms with Crippen molar-refractivity contribution < 1.29 is 14.3 Å². The van der Waals surface area contributed by atoms with Gasteiger partial charge >= 0.3 is 0 Å². The van der Waals surface area contributed by atoms with Crippen LogP contribution in [0.2, 0.25) is 0 Å².